The number of rotatable bonds is 4. The van der Waals surface area contributed by atoms with Crippen molar-refractivity contribution in [2.45, 2.75) is 13.8 Å². The number of amides is 1. The summed E-state index contributed by atoms with van der Waals surface area (Å²) in [4.78, 5) is 16.5. The van der Waals surface area contributed by atoms with Gasteiger partial charge >= 0.3 is 0 Å². The Morgan fingerprint density at radius 1 is 0.920 bits per heavy atom. The molecule has 2 aromatic carbocycles. The van der Waals surface area contributed by atoms with Gasteiger partial charge in [0.15, 0.2) is 0 Å². The summed E-state index contributed by atoms with van der Waals surface area (Å²) in [6.45, 7) is 4.15. The minimum atomic E-state index is -0.201. The van der Waals surface area contributed by atoms with Crippen LogP contribution in [-0.4, -0.2) is 10.9 Å². The van der Waals surface area contributed by atoms with Crippen molar-refractivity contribution in [1.29, 1.82) is 0 Å². The third-order valence-electron chi connectivity index (χ3n) is 3.91. The lowest BCUT2D eigenvalue weighted by atomic mass is 10.1. The molecule has 25 heavy (non-hydrogen) atoms. The molecule has 3 rings (SSSR count). The van der Waals surface area contributed by atoms with E-state index in [1.54, 1.807) is 30.5 Å². The number of nitrogens with one attached hydrogen (secondary N) is 2. The molecule has 0 bridgehead atoms. The number of carbonyl (C=O) groups is 1. The predicted octanol–water partition coefficient (Wildman–Crippen LogP) is 5.35. The molecular formula is C20H18ClN3O. The maximum absolute atomic E-state index is 12.2. The second-order valence-corrected chi connectivity index (χ2v) is 6.25. The number of anilines is 3. The van der Waals surface area contributed by atoms with Crippen molar-refractivity contribution < 1.29 is 4.79 Å². The first-order valence-electron chi connectivity index (χ1n) is 7.88. The van der Waals surface area contributed by atoms with Crippen molar-refractivity contribution in [2.75, 3.05) is 10.6 Å². The smallest absolute Gasteiger partial charge is 0.255 e. The fraction of sp³-hybridized carbons (Fsp3) is 0.100. The Balaban J connectivity index is 1.66. The van der Waals surface area contributed by atoms with Gasteiger partial charge in [-0.25, -0.2) is 4.98 Å². The van der Waals surface area contributed by atoms with Crippen LogP contribution in [-0.2, 0) is 0 Å². The number of benzene rings is 2. The number of aromatic nitrogens is 1. The Kier molecular flexibility index (Phi) is 5.00. The molecule has 1 amide bonds. The largest absolute Gasteiger partial charge is 0.340 e. The van der Waals surface area contributed by atoms with Gasteiger partial charge in [0.25, 0.3) is 5.91 Å². The predicted molar refractivity (Wildman–Crippen MR) is 103 cm³/mol. The van der Waals surface area contributed by atoms with E-state index in [0.29, 0.717) is 22.1 Å². The highest BCUT2D eigenvalue weighted by Crippen LogP contribution is 2.19. The van der Waals surface area contributed by atoms with E-state index in [0.717, 1.165) is 5.69 Å². The van der Waals surface area contributed by atoms with Crippen LogP contribution in [0.2, 0.25) is 5.02 Å². The van der Waals surface area contributed by atoms with E-state index in [4.69, 9.17) is 11.6 Å². The van der Waals surface area contributed by atoms with E-state index < -0.39 is 0 Å². The average Bonchev–Trinajstić information content (AvgIpc) is 2.60. The maximum Gasteiger partial charge on any atom is 0.255 e. The number of nitrogens with zero attached hydrogens (tertiary/aromatic N) is 1. The van der Waals surface area contributed by atoms with Crippen LogP contribution in [0.4, 0.5) is 17.2 Å². The van der Waals surface area contributed by atoms with Crippen LogP contribution in [0.15, 0.2) is 60.8 Å². The molecule has 0 atom stereocenters. The summed E-state index contributed by atoms with van der Waals surface area (Å²) in [7, 11) is 0. The quantitative estimate of drug-likeness (QED) is 0.666. The monoisotopic (exact) mass is 351 g/mol. The lowest BCUT2D eigenvalue weighted by Crippen LogP contribution is -2.11. The van der Waals surface area contributed by atoms with Crippen LogP contribution in [0, 0.1) is 13.8 Å². The topological polar surface area (TPSA) is 54.0 Å². The number of hydrogen-bond donors (Lipinski definition) is 2. The zero-order valence-corrected chi connectivity index (χ0v) is 14.8. The molecule has 1 aromatic heterocycles. The van der Waals surface area contributed by atoms with Crippen molar-refractivity contribution in [3.63, 3.8) is 0 Å². The van der Waals surface area contributed by atoms with Gasteiger partial charge in [0.05, 0.1) is 11.9 Å². The second kappa shape index (κ2) is 7.36. The molecule has 0 radical (unpaired) electrons. The summed E-state index contributed by atoms with van der Waals surface area (Å²) in [5, 5.41) is 6.66. The van der Waals surface area contributed by atoms with E-state index in [2.05, 4.69) is 41.6 Å². The third-order valence-corrected chi connectivity index (χ3v) is 4.16. The highest BCUT2D eigenvalue weighted by molar-refractivity contribution is 6.30. The molecule has 0 fully saturated rings. The average molecular weight is 352 g/mol. The van der Waals surface area contributed by atoms with Gasteiger partial charge in [0.2, 0.25) is 0 Å². The van der Waals surface area contributed by atoms with Crippen LogP contribution in [0.1, 0.15) is 21.5 Å². The normalized spacial score (nSPS) is 10.4. The van der Waals surface area contributed by atoms with Crippen molar-refractivity contribution in [3.05, 3.63) is 82.5 Å². The van der Waals surface area contributed by atoms with Crippen molar-refractivity contribution >= 4 is 34.7 Å². The van der Waals surface area contributed by atoms with Gasteiger partial charge in [-0.1, -0.05) is 17.7 Å². The summed E-state index contributed by atoms with van der Waals surface area (Å²) >= 11 is 5.83. The Morgan fingerprint density at radius 3 is 2.28 bits per heavy atom. The number of hydrogen-bond acceptors (Lipinski definition) is 3. The van der Waals surface area contributed by atoms with E-state index in [1.165, 1.54) is 11.1 Å². The molecule has 2 N–H and O–H groups in total. The lowest BCUT2D eigenvalue weighted by Gasteiger charge is -2.09. The number of pyridine rings is 1. The fourth-order valence-corrected chi connectivity index (χ4v) is 2.44. The van der Waals surface area contributed by atoms with Crippen LogP contribution < -0.4 is 10.6 Å². The molecule has 3 aromatic rings. The van der Waals surface area contributed by atoms with Crippen molar-refractivity contribution in [2.24, 2.45) is 0 Å². The SMILES string of the molecule is Cc1ccc(Nc2ccc(NC(=O)c3ccc(Cl)cc3)cn2)cc1C. The molecule has 0 saturated heterocycles. The molecule has 0 spiro atoms. The molecule has 4 nitrogen and oxygen atoms in total. The van der Waals surface area contributed by atoms with Gasteiger partial charge < -0.3 is 10.6 Å². The number of aryl methyl sites for hydroxylation is 2. The maximum atomic E-state index is 12.2. The number of halogens is 1. The zero-order chi connectivity index (χ0) is 17.8. The highest BCUT2D eigenvalue weighted by Gasteiger charge is 2.06. The molecule has 126 valence electrons. The lowest BCUT2D eigenvalue weighted by molar-refractivity contribution is 0.102. The molecular weight excluding hydrogens is 334 g/mol. The summed E-state index contributed by atoms with van der Waals surface area (Å²) in [5.41, 5.74) is 4.62. The summed E-state index contributed by atoms with van der Waals surface area (Å²) in [5.74, 6) is 0.515. The molecule has 0 aliphatic rings. The van der Waals surface area contributed by atoms with Gasteiger partial charge in [0, 0.05) is 16.3 Å². The molecule has 0 unspecified atom stereocenters. The van der Waals surface area contributed by atoms with Gasteiger partial charge in [0.1, 0.15) is 5.82 Å². The van der Waals surface area contributed by atoms with Crippen LogP contribution in [0.5, 0.6) is 0 Å². The first-order chi connectivity index (χ1) is 12.0. The van der Waals surface area contributed by atoms with Crippen LogP contribution in [0.3, 0.4) is 0 Å². The Morgan fingerprint density at radius 2 is 1.64 bits per heavy atom. The van der Waals surface area contributed by atoms with E-state index in [1.807, 2.05) is 18.2 Å². The second-order valence-electron chi connectivity index (χ2n) is 5.82. The van der Waals surface area contributed by atoms with Gasteiger partial charge in [-0.3, -0.25) is 4.79 Å². The standard InChI is InChI=1S/C20H18ClN3O/c1-13-3-8-17(11-14(13)2)23-19-10-9-18(12-22-19)24-20(25)15-4-6-16(21)7-5-15/h3-12H,1-2H3,(H,22,23)(H,24,25). The molecule has 1 heterocycles. The first-order valence-corrected chi connectivity index (χ1v) is 8.26. The summed E-state index contributed by atoms with van der Waals surface area (Å²) < 4.78 is 0. The summed E-state index contributed by atoms with van der Waals surface area (Å²) in [6, 6.07) is 16.5. The Labute approximate surface area is 151 Å². The zero-order valence-electron chi connectivity index (χ0n) is 14.0. The molecule has 0 aliphatic heterocycles. The van der Waals surface area contributed by atoms with E-state index >= 15 is 0 Å². The fourth-order valence-electron chi connectivity index (χ4n) is 2.31. The molecule has 0 aliphatic carbocycles. The minimum Gasteiger partial charge on any atom is -0.340 e. The Hall–Kier alpha value is -2.85. The van der Waals surface area contributed by atoms with Gasteiger partial charge in [-0.15, -0.1) is 0 Å². The van der Waals surface area contributed by atoms with E-state index in [-0.39, 0.29) is 5.91 Å². The molecule has 0 saturated carbocycles. The van der Waals surface area contributed by atoms with Gasteiger partial charge in [-0.2, -0.15) is 0 Å². The molecule has 5 heteroatoms. The van der Waals surface area contributed by atoms with Crippen molar-refractivity contribution in [3.8, 4) is 0 Å². The highest BCUT2D eigenvalue weighted by atomic mass is 35.5. The minimum absolute atomic E-state index is 0.201. The van der Waals surface area contributed by atoms with Crippen LogP contribution >= 0.6 is 11.6 Å². The van der Waals surface area contributed by atoms with Crippen LogP contribution in [0.25, 0.3) is 0 Å². The van der Waals surface area contributed by atoms with E-state index in [9.17, 15) is 4.79 Å². The third kappa shape index (κ3) is 4.37. The van der Waals surface area contributed by atoms with Gasteiger partial charge in [-0.05, 0) is 73.5 Å². The first kappa shape index (κ1) is 17.0. The number of carbonyl (C=O) groups excluding carboxylic acids is 1. The Bertz CT molecular complexity index is 890. The summed E-state index contributed by atoms with van der Waals surface area (Å²) in [6.07, 6.45) is 1.62. The van der Waals surface area contributed by atoms with Crippen molar-refractivity contribution in [1.82, 2.24) is 4.98 Å².